The second kappa shape index (κ2) is 4.87. The van der Waals surface area contributed by atoms with Crippen molar-refractivity contribution in [1.82, 2.24) is 14.5 Å². The first-order valence-electron chi connectivity index (χ1n) is 6.95. The molecule has 0 radical (unpaired) electrons. The van der Waals surface area contributed by atoms with Crippen molar-refractivity contribution in [2.75, 3.05) is 0 Å². The number of fused-ring (bicyclic) bond motifs is 1. The Morgan fingerprint density at radius 1 is 1.43 bits per heavy atom. The third-order valence-electron chi connectivity index (χ3n) is 3.92. The SMILES string of the molecule is CC(C(=O)O)N(C(=O)c1ccc2c(c1)ncn2C)C1CC1. The maximum atomic E-state index is 12.7. The number of rotatable bonds is 4. The normalized spacial score (nSPS) is 15.9. The molecule has 1 aromatic carbocycles. The van der Waals surface area contributed by atoms with E-state index in [9.17, 15) is 14.7 Å². The number of hydrogen-bond acceptors (Lipinski definition) is 3. The van der Waals surface area contributed by atoms with Crippen LogP contribution in [0.2, 0.25) is 0 Å². The molecule has 1 atom stereocenters. The number of imidazole rings is 1. The zero-order valence-electron chi connectivity index (χ0n) is 12.0. The van der Waals surface area contributed by atoms with E-state index in [-0.39, 0.29) is 11.9 Å². The highest BCUT2D eigenvalue weighted by Gasteiger charge is 2.38. The maximum absolute atomic E-state index is 12.7. The lowest BCUT2D eigenvalue weighted by Crippen LogP contribution is -2.44. The summed E-state index contributed by atoms with van der Waals surface area (Å²) in [5, 5.41) is 9.19. The van der Waals surface area contributed by atoms with Gasteiger partial charge in [-0.3, -0.25) is 4.79 Å². The Bertz CT molecular complexity index is 718. The summed E-state index contributed by atoms with van der Waals surface area (Å²) in [6.45, 7) is 1.55. The fourth-order valence-electron chi connectivity index (χ4n) is 2.55. The van der Waals surface area contributed by atoms with Crippen molar-refractivity contribution in [3.05, 3.63) is 30.1 Å². The summed E-state index contributed by atoms with van der Waals surface area (Å²) < 4.78 is 1.88. The summed E-state index contributed by atoms with van der Waals surface area (Å²) in [5.74, 6) is -1.21. The van der Waals surface area contributed by atoms with Crippen LogP contribution in [-0.2, 0) is 11.8 Å². The standard InChI is InChI=1S/C15H17N3O3/c1-9(15(20)21)18(11-4-5-11)14(19)10-3-6-13-12(7-10)16-8-17(13)2/h3,6-9,11H,4-5H2,1-2H3,(H,20,21). The molecule has 0 spiro atoms. The molecule has 1 aliphatic rings. The fraction of sp³-hybridized carbons (Fsp3) is 0.400. The van der Waals surface area contributed by atoms with Crippen molar-refractivity contribution in [2.45, 2.75) is 31.8 Å². The number of benzene rings is 1. The molecule has 1 aromatic heterocycles. The van der Waals surface area contributed by atoms with Gasteiger partial charge in [0, 0.05) is 18.7 Å². The molecular weight excluding hydrogens is 270 g/mol. The summed E-state index contributed by atoms with van der Waals surface area (Å²) in [5.41, 5.74) is 2.17. The highest BCUT2D eigenvalue weighted by molar-refractivity contribution is 5.99. The van der Waals surface area contributed by atoms with E-state index in [1.165, 1.54) is 4.90 Å². The molecule has 6 nitrogen and oxygen atoms in total. The smallest absolute Gasteiger partial charge is 0.326 e. The molecule has 110 valence electrons. The lowest BCUT2D eigenvalue weighted by atomic mass is 10.1. The lowest BCUT2D eigenvalue weighted by molar-refractivity contribution is -0.141. The molecule has 0 bridgehead atoms. The Hall–Kier alpha value is -2.37. The van der Waals surface area contributed by atoms with E-state index in [0.717, 1.165) is 23.9 Å². The fourth-order valence-corrected chi connectivity index (χ4v) is 2.55. The van der Waals surface area contributed by atoms with Crippen molar-refractivity contribution in [1.29, 1.82) is 0 Å². The summed E-state index contributed by atoms with van der Waals surface area (Å²) in [6, 6.07) is 4.52. The highest BCUT2D eigenvalue weighted by Crippen LogP contribution is 2.30. The minimum Gasteiger partial charge on any atom is -0.480 e. The third-order valence-corrected chi connectivity index (χ3v) is 3.92. The molecule has 1 amide bonds. The van der Waals surface area contributed by atoms with Gasteiger partial charge in [0.1, 0.15) is 6.04 Å². The van der Waals surface area contributed by atoms with Gasteiger partial charge in [0.25, 0.3) is 5.91 Å². The second-order valence-corrected chi connectivity index (χ2v) is 5.52. The third kappa shape index (κ3) is 2.37. The van der Waals surface area contributed by atoms with E-state index in [1.54, 1.807) is 25.4 Å². The number of amides is 1. The summed E-state index contributed by atoms with van der Waals surface area (Å²) >= 11 is 0. The molecule has 21 heavy (non-hydrogen) atoms. The van der Waals surface area contributed by atoms with Gasteiger partial charge in [-0.25, -0.2) is 9.78 Å². The van der Waals surface area contributed by atoms with E-state index in [4.69, 9.17) is 0 Å². The Labute approximate surface area is 122 Å². The summed E-state index contributed by atoms with van der Waals surface area (Å²) in [7, 11) is 1.89. The summed E-state index contributed by atoms with van der Waals surface area (Å²) in [6.07, 6.45) is 3.43. The van der Waals surface area contributed by atoms with Gasteiger partial charge in [-0.1, -0.05) is 0 Å². The van der Waals surface area contributed by atoms with Crippen LogP contribution in [0.4, 0.5) is 0 Å². The molecular formula is C15H17N3O3. The van der Waals surface area contributed by atoms with Crippen LogP contribution in [0.1, 0.15) is 30.1 Å². The molecule has 1 fully saturated rings. The molecule has 1 N–H and O–H groups in total. The number of carboxylic acid groups (broad SMARTS) is 1. The van der Waals surface area contributed by atoms with Crippen LogP contribution in [0, 0.1) is 0 Å². The van der Waals surface area contributed by atoms with Crippen LogP contribution in [0.5, 0.6) is 0 Å². The van der Waals surface area contributed by atoms with E-state index >= 15 is 0 Å². The lowest BCUT2D eigenvalue weighted by Gasteiger charge is -2.26. The molecule has 3 rings (SSSR count). The van der Waals surface area contributed by atoms with E-state index in [1.807, 2.05) is 17.7 Å². The van der Waals surface area contributed by atoms with Gasteiger partial charge in [-0.15, -0.1) is 0 Å². The number of carboxylic acids is 1. The summed E-state index contributed by atoms with van der Waals surface area (Å²) in [4.78, 5) is 29.6. The quantitative estimate of drug-likeness (QED) is 0.927. The van der Waals surface area contributed by atoms with Crippen molar-refractivity contribution in [2.24, 2.45) is 7.05 Å². The van der Waals surface area contributed by atoms with Gasteiger partial charge in [-0.05, 0) is 38.0 Å². The zero-order chi connectivity index (χ0) is 15.1. The number of nitrogens with zero attached hydrogens (tertiary/aromatic N) is 3. The predicted molar refractivity (Wildman–Crippen MR) is 77.0 cm³/mol. The number of hydrogen-bond donors (Lipinski definition) is 1. The number of aromatic nitrogens is 2. The first-order valence-corrected chi connectivity index (χ1v) is 6.95. The molecule has 1 heterocycles. The first kappa shape index (κ1) is 13.6. The van der Waals surface area contributed by atoms with Gasteiger partial charge in [0.2, 0.25) is 0 Å². The van der Waals surface area contributed by atoms with E-state index in [2.05, 4.69) is 4.98 Å². The predicted octanol–water partition coefficient (Wildman–Crippen LogP) is 1.65. The molecule has 1 aliphatic carbocycles. The number of carbonyl (C=O) groups is 2. The van der Waals surface area contributed by atoms with Crippen molar-refractivity contribution in [3.63, 3.8) is 0 Å². The average Bonchev–Trinajstić information content (AvgIpc) is 3.22. The minimum absolute atomic E-state index is 0.0445. The average molecular weight is 287 g/mol. The number of aliphatic carboxylic acids is 1. The van der Waals surface area contributed by atoms with Crippen molar-refractivity contribution < 1.29 is 14.7 Å². The van der Waals surface area contributed by atoms with Gasteiger partial charge in [0.15, 0.2) is 0 Å². The van der Waals surface area contributed by atoms with Crippen LogP contribution in [0.3, 0.4) is 0 Å². The highest BCUT2D eigenvalue weighted by atomic mass is 16.4. The second-order valence-electron chi connectivity index (χ2n) is 5.52. The van der Waals surface area contributed by atoms with Crippen LogP contribution in [0.15, 0.2) is 24.5 Å². The molecule has 1 saturated carbocycles. The van der Waals surface area contributed by atoms with Gasteiger partial charge < -0.3 is 14.6 Å². The Morgan fingerprint density at radius 2 is 2.14 bits per heavy atom. The van der Waals surface area contributed by atoms with Gasteiger partial charge >= 0.3 is 5.97 Å². The molecule has 0 saturated heterocycles. The van der Waals surface area contributed by atoms with Crippen molar-refractivity contribution in [3.8, 4) is 0 Å². The topological polar surface area (TPSA) is 75.4 Å². The van der Waals surface area contributed by atoms with Crippen LogP contribution >= 0.6 is 0 Å². The number of carbonyl (C=O) groups excluding carboxylic acids is 1. The molecule has 0 aliphatic heterocycles. The van der Waals surface area contributed by atoms with Gasteiger partial charge in [-0.2, -0.15) is 0 Å². The molecule has 1 unspecified atom stereocenters. The Kier molecular flexibility index (Phi) is 3.16. The van der Waals surface area contributed by atoms with Gasteiger partial charge in [0.05, 0.1) is 17.4 Å². The maximum Gasteiger partial charge on any atom is 0.326 e. The monoisotopic (exact) mass is 287 g/mol. The van der Waals surface area contributed by atoms with E-state index in [0.29, 0.717) is 5.56 Å². The largest absolute Gasteiger partial charge is 0.480 e. The molecule has 2 aromatic rings. The first-order chi connectivity index (χ1) is 9.99. The Morgan fingerprint density at radius 3 is 2.76 bits per heavy atom. The minimum atomic E-state index is -0.978. The van der Waals surface area contributed by atoms with Crippen molar-refractivity contribution >= 4 is 22.9 Å². The van der Waals surface area contributed by atoms with Crippen LogP contribution in [0.25, 0.3) is 11.0 Å². The van der Waals surface area contributed by atoms with Crippen LogP contribution in [-0.4, -0.2) is 43.5 Å². The van der Waals surface area contributed by atoms with E-state index < -0.39 is 12.0 Å². The zero-order valence-corrected chi connectivity index (χ0v) is 12.0. The molecule has 6 heteroatoms. The Balaban J connectivity index is 1.95. The van der Waals surface area contributed by atoms with Crippen LogP contribution < -0.4 is 0 Å². The number of aryl methyl sites for hydroxylation is 1.